The van der Waals surface area contributed by atoms with Crippen LogP contribution in [0.5, 0.6) is 0 Å². The first-order chi connectivity index (χ1) is 9.21. The van der Waals surface area contributed by atoms with Gasteiger partial charge in [-0.05, 0) is 31.0 Å². The monoisotopic (exact) mass is 257 g/mol. The number of benzene rings is 1. The second-order valence-electron chi connectivity index (χ2n) is 4.88. The van der Waals surface area contributed by atoms with Gasteiger partial charge in [-0.25, -0.2) is 4.79 Å². The quantitative estimate of drug-likeness (QED) is 0.892. The van der Waals surface area contributed by atoms with Crippen LogP contribution in [-0.4, -0.2) is 9.55 Å². The van der Waals surface area contributed by atoms with E-state index in [4.69, 9.17) is 5.26 Å². The maximum Gasteiger partial charge on any atom is 0.326 e. The topological polar surface area (TPSA) is 61.6 Å². The van der Waals surface area contributed by atoms with Crippen molar-refractivity contribution < 1.29 is 0 Å². The highest BCUT2D eigenvalue weighted by Gasteiger charge is 2.16. The van der Waals surface area contributed by atoms with E-state index in [2.05, 4.69) is 24.9 Å². The molecule has 0 aliphatic rings. The summed E-state index contributed by atoms with van der Waals surface area (Å²) in [6.07, 6.45) is 4.05. The van der Waals surface area contributed by atoms with Crippen molar-refractivity contribution in [3.63, 3.8) is 0 Å². The molecule has 0 saturated heterocycles. The van der Waals surface area contributed by atoms with Crippen LogP contribution in [0.15, 0.2) is 23.0 Å². The molecule has 0 atom stereocenters. The predicted molar refractivity (Wildman–Crippen MR) is 76.1 cm³/mol. The van der Waals surface area contributed by atoms with Gasteiger partial charge in [0.1, 0.15) is 0 Å². The summed E-state index contributed by atoms with van der Waals surface area (Å²) in [5, 5.41) is 8.99. The Morgan fingerprint density at radius 2 is 2.00 bits per heavy atom. The average molecular weight is 257 g/mol. The number of rotatable bonds is 5. The fourth-order valence-electron chi connectivity index (χ4n) is 2.62. The maximum atomic E-state index is 12.2. The number of aromatic amines is 1. The van der Waals surface area contributed by atoms with Gasteiger partial charge >= 0.3 is 5.69 Å². The van der Waals surface area contributed by atoms with Gasteiger partial charge in [-0.2, -0.15) is 5.26 Å². The van der Waals surface area contributed by atoms with Gasteiger partial charge in [0.2, 0.25) is 0 Å². The van der Waals surface area contributed by atoms with Crippen LogP contribution in [0.1, 0.15) is 51.1 Å². The number of imidazole rings is 1. The molecule has 0 saturated carbocycles. The van der Waals surface area contributed by atoms with Crippen LogP contribution in [-0.2, 0) is 0 Å². The van der Waals surface area contributed by atoms with Gasteiger partial charge in [-0.15, -0.1) is 0 Å². The lowest BCUT2D eigenvalue weighted by molar-refractivity contribution is 0.427. The lowest BCUT2D eigenvalue weighted by atomic mass is 10.1. The normalized spacial score (nSPS) is 11.1. The number of nitrogens with one attached hydrogen (secondary N) is 1. The molecule has 100 valence electrons. The zero-order valence-electron chi connectivity index (χ0n) is 11.4. The molecule has 1 aromatic heterocycles. The molecule has 0 unspecified atom stereocenters. The Bertz CT molecular complexity index is 654. The summed E-state index contributed by atoms with van der Waals surface area (Å²) in [7, 11) is 0. The molecule has 0 radical (unpaired) electrons. The van der Waals surface area contributed by atoms with Gasteiger partial charge in [-0.1, -0.05) is 26.7 Å². The fraction of sp³-hybridized carbons (Fsp3) is 0.467. The second-order valence-corrected chi connectivity index (χ2v) is 4.88. The van der Waals surface area contributed by atoms with Gasteiger partial charge in [0.25, 0.3) is 0 Å². The largest absolute Gasteiger partial charge is 0.326 e. The smallest absolute Gasteiger partial charge is 0.306 e. The van der Waals surface area contributed by atoms with Crippen LogP contribution < -0.4 is 5.69 Å². The van der Waals surface area contributed by atoms with Crippen molar-refractivity contribution in [3.8, 4) is 6.07 Å². The SMILES string of the molecule is CCCC(CCC)n1c(=O)[nH]c2ccc(C#N)cc21. The minimum Gasteiger partial charge on any atom is -0.306 e. The Kier molecular flexibility index (Phi) is 4.06. The number of H-pyrrole nitrogens is 1. The summed E-state index contributed by atoms with van der Waals surface area (Å²) in [4.78, 5) is 15.0. The van der Waals surface area contributed by atoms with E-state index in [0.717, 1.165) is 36.7 Å². The zero-order chi connectivity index (χ0) is 13.8. The van der Waals surface area contributed by atoms with Gasteiger partial charge in [-0.3, -0.25) is 4.57 Å². The van der Waals surface area contributed by atoms with Gasteiger partial charge in [0.15, 0.2) is 0 Å². The summed E-state index contributed by atoms with van der Waals surface area (Å²) in [5.74, 6) is 0. The molecule has 19 heavy (non-hydrogen) atoms. The van der Waals surface area contributed by atoms with Crippen molar-refractivity contribution in [1.29, 1.82) is 5.26 Å². The minimum absolute atomic E-state index is 0.0722. The number of aromatic nitrogens is 2. The molecule has 1 heterocycles. The van der Waals surface area contributed by atoms with Crippen LogP contribution in [0, 0.1) is 11.3 Å². The standard InChI is InChI=1S/C15H19N3O/c1-3-5-12(6-4-2)18-14-9-11(10-16)7-8-13(14)17-15(18)19/h7-9,12H,3-6H2,1-2H3,(H,17,19). The van der Waals surface area contributed by atoms with E-state index < -0.39 is 0 Å². The molecule has 2 rings (SSSR count). The highest BCUT2D eigenvalue weighted by atomic mass is 16.1. The first kappa shape index (κ1) is 13.4. The molecule has 0 aliphatic heterocycles. The summed E-state index contributed by atoms with van der Waals surface area (Å²) >= 11 is 0. The first-order valence-electron chi connectivity index (χ1n) is 6.85. The Balaban J connectivity index is 2.59. The molecule has 0 spiro atoms. The molecule has 1 N–H and O–H groups in total. The molecule has 0 fully saturated rings. The molecule has 0 aliphatic carbocycles. The Labute approximate surface area is 112 Å². The highest BCUT2D eigenvalue weighted by Crippen LogP contribution is 2.23. The van der Waals surface area contributed by atoms with Crippen LogP contribution in [0.4, 0.5) is 0 Å². The third kappa shape index (κ3) is 2.55. The lowest BCUT2D eigenvalue weighted by Crippen LogP contribution is -2.22. The molecular weight excluding hydrogens is 238 g/mol. The summed E-state index contributed by atoms with van der Waals surface area (Å²) < 4.78 is 1.82. The van der Waals surface area contributed by atoms with Gasteiger partial charge in [0, 0.05) is 6.04 Å². The van der Waals surface area contributed by atoms with Crippen LogP contribution in [0.2, 0.25) is 0 Å². The second kappa shape index (κ2) is 5.75. The van der Waals surface area contributed by atoms with Crippen molar-refractivity contribution in [2.24, 2.45) is 0 Å². The number of nitrogens with zero attached hydrogens (tertiary/aromatic N) is 2. The molecule has 0 bridgehead atoms. The third-order valence-electron chi connectivity index (χ3n) is 3.46. The lowest BCUT2D eigenvalue weighted by Gasteiger charge is -2.17. The molecule has 4 nitrogen and oxygen atoms in total. The van der Waals surface area contributed by atoms with Crippen LogP contribution in [0.3, 0.4) is 0 Å². The maximum absolute atomic E-state index is 12.2. The van der Waals surface area contributed by atoms with E-state index >= 15 is 0 Å². The number of hydrogen-bond donors (Lipinski definition) is 1. The van der Waals surface area contributed by atoms with Gasteiger partial charge < -0.3 is 4.98 Å². The van der Waals surface area contributed by atoms with E-state index in [-0.39, 0.29) is 11.7 Å². The van der Waals surface area contributed by atoms with Crippen molar-refractivity contribution in [2.45, 2.75) is 45.6 Å². The fourth-order valence-corrected chi connectivity index (χ4v) is 2.62. The van der Waals surface area contributed by atoms with E-state index in [1.54, 1.807) is 18.2 Å². The van der Waals surface area contributed by atoms with Crippen molar-refractivity contribution >= 4 is 11.0 Å². The van der Waals surface area contributed by atoms with Crippen LogP contribution >= 0.6 is 0 Å². The van der Waals surface area contributed by atoms with Gasteiger partial charge in [0.05, 0.1) is 22.7 Å². The Morgan fingerprint density at radius 1 is 1.32 bits per heavy atom. The third-order valence-corrected chi connectivity index (χ3v) is 3.46. The highest BCUT2D eigenvalue weighted by molar-refractivity contribution is 5.77. The van der Waals surface area contributed by atoms with E-state index in [0.29, 0.717) is 5.56 Å². The van der Waals surface area contributed by atoms with Crippen molar-refractivity contribution in [2.75, 3.05) is 0 Å². The Hall–Kier alpha value is -2.02. The van der Waals surface area contributed by atoms with E-state index in [9.17, 15) is 4.79 Å². The number of nitriles is 1. The zero-order valence-corrected chi connectivity index (χ0v) is 11.4. The number of hydrogen-bond acceptors (Lipinski definition) is 2. The van der Waals surface area contributed by atoms with Crippen molar-refractivity contribution in [3.05, 3.63) is 34.2 Å². The summed E-state index contributed by atoms with van der Waals surface area (Å²) in [6.45, 7) is 4.26. The average Bonchev–Trinajstić information content (AvgIpc) is 2.73. The summed E-state index contributed by atoms with van der Waals surface area (Å²) in [5.41, 5.74) is 2.17. The first-order valence-corrected chi connectivity index (χ1v) is 6.85. The van der Waals surface area contributed by atoms with Crippen LogP contribution in [0.25, 0.3) is 11.0 Å². The molecular formula is C15H19N3O. The van der Waals surface area contributed by atoms with Crippen molar-refractivity contribution in [1.82, 2.24) is 9.55 Å². The molecule has 4 heteroatoms. The molecule has 0 amide bonds. The number of fused-ring (bicyclic) bond motifs is 1. The van der Waals surface area contributed by atoms with E-state index in [1.807, 2.05) is 4.57 Å². The molecule has 1 aromatic carbocycles. The minimum atomic E-state index is -0.0722. The molecule has 2 aromatic rings. The predicted octanol–water partition coefficient (Wildman–Crippen LogP) is 3.34. The van der Waals surface area contributed by atoms with E-state index in [1.165, 1.54) is 0 Å². The Morgan fingerprint density at radius 3 is 2.58 bits per heavy atom. The summed E-state index contributed by atoms with van der Waals surface area (Å²) in [6, 6.07) is 7.68.